The standard InChI is InChI=1S/C17H20BrNO/c1-11-7-12(2)9-13(8-11)17(19-3)15-10-14(20-4)5-6-16(15)18/h5-10,17,19H,1-4H3. The van der Waals surface area contributed by atoms with E-state index in [0.717, 1.165) is 10.2 Å². The van der Waals surface area contributed by atoms with E-state index in [1.54, 1.807) is 7.11 Å². The molecule has 0 fully saturated rings. The first-order chi connectivity index (χ1) is 9.55. The van der Waals surface area contributed by atoms with Crippen LogP contribution in [0.4, 0.5) is 0 Å². The zero-order valence-electron chi connectivity index (χ0n) is 12.3. The molecule has 2 aromatic rings. The lowest BCUT2D eigenvalue weighted by atomic mass is 9.95. The number of rotatable bonds is 4. The lowest BCUT2D eigenvalue weighted by molar-refractivity contribution is 0.413. The molecule has 20 heavy (non-hydrogen) atoms. The molecular formula is C17H20BrNO. The molecule has 0 spiro atoms. The number of nitrogens with one attached hydrogen (secondary N) is 1. The van der Waals surface area contributed by atoms with E-state index in [1.165, 1.54) is 22.3 Å². The fourth-order valence-electron chi connectivity index (χ4n) is 2.55. The number of ether oxygens (including phenoxy) is 1. The van der Waals surface area contributed by atoms with E-state index in [-0.39, 0.29) is 6.04 Å². The summed E-state index contributed by atoms with van der Waals surface area (Å²) in [5.74, 6) is 0.868. The highest BCUT2D eigenvalue weighted by Gasteiger charge is 2.16. The topological polar surface area (TPSA) is 21.3 Å². The van der Waals surface area contributed by atoms with Crippen molar-refractivity contribution in [3.05, 3.63) is 63.1 Å². The number of methoxy groups -OCH3 is 1. The van der Waals surface area contributed by atoms with Gasteiger partial charge >= 0.3 is 0 Å². The van der Waals surface area contributed by atoms with Gasteiger partial charge in [0.05, 0.1) is 13.2 Å². The molecule has 1 N–H and O–H groups in total. The summed E-state index contributed by atoms with van der Waals surface area (Å²) in [6.07, 6.45) is 0. The number of hydrogen-bond acceptors (Lipinski definition) is 2. The van der Waals surface area contributed by atoms with Crippen LogP contribution in [-0.2, 0) is 0 Å². The Kier molecular flexibility index (Phi) is 4.84. The van der Waals surface area contributed by atoms with E-state index in [9.17, 15) is 0 Å². The van der Waals surface area contributed by atoms with Gasteiger partial charge in [0.25, 0.3) is 0 Å². The molecule has 3 heteroatoms. The Hall–Kier alpha value is -1.32. The second kappa shape index (κ2) is 6.42. The summed E-state index contributed by atoms with van der Waals surface area (Å²) in [6, 6.07) is 12.8. The molecular weight excluding hydrogens is 314 g/mol. The minimum atomic E-state index is 0.137. The average Bonchev–Trinajstić information content (AvgIpc) is 2.40. The molecule has 0 saturated heterocycles. The summed E-state index contributed by atoms with van der Waals surface area (Å²) in [5, 5.41) is 3.40. The van der Waals surface area contributed by atoms with Gasteiger partial charge in [0, 0.05) is 4.47 Å². The Balaban J connectivity index is 2.51. The molecule has 0 radical (unpaired) electrons. The normalized spacial score (nSPS) is 12.2. The summed E-state index contributed by atoms with van der Waals surface area (Å²) in [4.78, 5) is 0. The Labute approximate surface area is 129 Å². The van der Waals surface area contributed by atoms with Crippen LogP contribution >= 0.6 is 15.9 Å². The van der Waals surface area contributed by atoms with Gasteiger partial charge < -0.3 is 10.1 Å². The molecule has 0 aliphatic carbocycles. The van der Waals surface area contributed by atoms with E-state index >= 15 is 0 Å². The van der Waals surface area contributed by atoms with Crippen molar-refractivity contribution in [1.82, 2.24) is 5.32 Å². The van der Waals surface area contributed by atoms with Gasteiger partial charge in [-0.2, -0.15) is 0 Å². The SMILES string of the molecule is CNC(c1cc(C)cc(C)c1)c1cc(OC)ccc1Br. The summed E-state index contributed by atoms with van der Waals surface area (Å²) < 4.78 is 6.42. The third kappa shape index (κ3) is 3.22. The van der Waals surface area contributed by atoms with Crippen molar-refractivity contribution < 1.29 is 4.74 Å². The molecule has 2 nitrogen and oxygen atoms in total. The van der Waals surface area contributed by atoms with E-state index in [0.29, 0.717) is 0 Å². The minimum absolute atomic E-state index is 0.137. The molecule has 2 rings (SSSR count). The van der Waals surface area contributed by atoms with Crippen molar-refractivity contribution in [3.63, 3.8) is 0 Å². The van der Waals surface area contributed by atoms with Crippen LogP contribution in [0.25, 0.3) is 0 Å². The van der Waals surface area contributed by atoms with Crippen LogP contribution in [0.2, 0.25) is 0 Å². The maximum atomic E-state index is 5.34. The van der Waals surface area contributed by atoms with E-state index in [1.807, 2.05) is 19.2 Å². The fourth-order valence-corrected chi connectivity index (χ4v) is 3.02. The quantitative estimate of drug-likeness (QED) is 0.896. The Morgan fingerprint density at radius 3 is 2.25 bits per heavy atom. The summed E-state index contributed by atoms with van der Waals surface area (Å²) >= 11 is 3.64. The maximum Gasteiger partial charge on any atom is 0.119 e. The van der Waals surface area contributed by atoms with Crippen LogP contribution in [0.1, 0.15) is 28.3 Å². The largest absolute Gasteiger partial charge is 0.497 e. The number of hydrogen-bond donors (Lipinski definition) is 1. The van der Waals surface area contributed by atoms with Crippen molar-refractivity contribution >= 4 is 15.9 Å². The molecule has 0 aromatic heterocycles. The van der Waals surface area contributed by atoms with Gasteiger partial charge in [0.15, 0.2) is 0 Å². The highest BCUT2D eigenvalue weighted by Crippen LogP contribution is 2.32. The highest BCUT2D eigenvalue weighted by molar-refractivity contribution is 9.10. The van der Waals surface area contributed by atoms with Crippen molar-refractivity contribution in [1.29, 1.82) is 0 Å². The van der Waals surface area contributed by atoms with E-state index in [2.05, 4.69) is 59.4 Å². The van der Waals surface area contributed by atoms with Crippen LogP contribution in [-0.4, -0.2) is 14.2 Å². The highest BCUT2D eigenvalue weighted by atomic mass is 79.9. The van der Waals surface area contributed by atoms with Gasteiger partial charge in [0.2, 0.25) is 0 Å². The third-order valence-corrected chi connectivity index (χ3v) is 4.10. The van der Waals surface area contributed by atoms with Crippen LogP contribution in [0.5, 0.6) is 5.75 Å². The molecule has 0 bridgehead atoms. The van der Waals surface area contributed by atoms with Gasteiger partial charge in [-0.15, -0.1) is 0 Å². The maximum absolute atomic E-state index is 5.34. The first-order valence-electron chi connectivity index (χ1n) is 6.64. The molecule has 0 amide bonds. The van der Waals surface area contributed by atoms with Gasteiger partial charge in [-0.25, -0.2) is 0 Å². The summed E-state index contributed by atoms with van der Waals surface area (Å²) in [6.45, 7) is 4.26. The molecule has 0 saturated carbocycles. The number of halogens is 1. The smallest absolute Gasteiger partial charge is 0.119 e. The lowest BCUT2D eigenvalue weighted by Gasteiger charge is -2.20. The first kappa shape index (κ1) is 15.1. The average molecular weight is 334 g/mol. The lowest BCUT2D eigenvalue weighted by Crippen LogP contribution is -2.18. The van der Waals surface area contributed by atoms with Crippen molar-refractivity contribution in [3.8, 4) is 5.75 Å². The zero-order valence-corrected chi connectivity index (χ0v) is 13.9. The molecule has 0 aliphatic heterocycles. The molecule has 2 aromatic carbocycles. The van der Waals surface area contributed by atoms with Crippen molar-refractivity contribution in [2.24, 2.45) is 0 Å². The summed E-state index contributed by atoms with van der Waals surface area (Å²) in [5.41, 5.74) is 4.99. The monoisotopic (exact) mass is 333 g/mol. The summed E-state index contributed by atoms with van der Waals surface area (Å²) in [7, 11) is 3.67. The second-order valence-corrected chi connectivity index (χ2v) is 5.88. The van der Waals surface area contributed by atoms with Crippen LogP contribution < -0.4 is 10.1 Å². The Bertz CT molecular complexity index is 590. The number of aryl methyl sites for hydroxylation is 2. The van der Waals surface area contributed by atoms with Crippen molar-refractivity contribution in [2.75, 3.05) is 14.2 Å². The van der Waals surface area contributed by atoms with E-state index < -0.39 is 0 Å². The molecule has 0 aliphatic rings. The van der Waals surface area contributed by atoms with Gasteiger partial charge in [0.1, 0.15) is 5.75 Å². The van der Waals surface area contributed by atoms with Gasteiger partial charge in [-0.3, -0.25) is 0 Å². The van der Waals surface area contributed by atoms with Gasteiger partial charge in [-0.1, -0.05) is 45.3 Å². The fraction of sp³-hybridized carbons (Fsp3) is 0.294. The molecule has 0 heterocycles. The molecule has 106 valence electrons. The minimum Gasteiger partial charge on any atom is -0.497 e. The Morgan fingerprint density at radius 2 is 1.70 bits per heavy atom. The van der Waals surface area contributed by atoms with E-state index in [4.69, 9.17) is 4.74 Å². The predicted octanol–water partition coefficient (Wildman–Crippen LogP) is 4.38. The predicted molar refractivity (Wildman–Crippen MR) is 87.5 cm³/mol. The van der Waals surface area contributed by atoms with Crippen LogP contribution in [0.3, 0.4) is 0 Å². The molecule has 1 atom stereocenters. The van der Waals surface area contributed by atoms with Gasteiger partial charge in [-0.05, 0) is 50.2 Å². The zero-order chi connectivity index (χ0) is 14.7. The third-order valence-electron chi connectivity index (χ3n) is 3.38. The second-order valence-electron chi connectivity index (χ2n) is 5.03. The molecule has 1 unspecified atom stereocenters. The first-order valence-corrected chi connectivity index (χ1v) is 7.43. The van der Waals surface area contributed by atoms with Crippen LogP contribution in [0, 0.1) is 13.8 Å². The number of benzene rings is 2. The van der Waals surface area contributed by atoms with Crippen molar-refractivity contribution in [2.45, 2.75) is 19.9 Å². The Morgan fingerprint density at radius 1 is 1.05 bits per heavy atom. The van der Waals surface area contributed by atoms with Crippen LogP contribution in [0.15, 0.2) is 40.9 Å².